The molecule has 2 aromatic rings. The highest BCUT2D eigenvalue weighted by Gasteiger charge is 2.45. The lowest BCUT2D eigenvalue weighted by Crippen LogP contribution is -2.42. The number of hydrogen-bond acceptors (Lipinski definition) is 5. The Bertz CT molecular complexity index is 563. The summed E-state index contributed by atoms with van der Waals surface area (Å²) < 4.78 is 5.36. The third kappa shape index (κ3) is 2.97. The molecule has 2 heterocycles. The first kappa shape index (κ1) is 14.0. The van der Waals surface area contributed by atoms with Gasteiger partial charge in [0, 0.05) is 0 Å². The van der Waals surface area contributed by atoms with Crippen LogP contribution in [0.3, 0.4) is 0 Å². The normalized spacial score (nSPS) is 15.6. The maximum atomic E-state index is 11.6. The molecule has 1 aliphatic rings. The number of nitrogens with two attached hydrogens (primary N) is 1. The number of rotatable bonds is 4. The second-order valence-electron chi connectivity index (χ2n) is 4.46. The first-order valence-corrected chi connectivity index (χ1v) is 6.61. The number of thiophene rings is 1. The van der Waals surface area contributed by atoms with Crippen molar-refractivity contribution in [3.8, 4) is 10.8 Å². The summed E-state index contributed by atoms with van der Waals surface area (Å²) in [6, 6.07) is 3.88. The van der Waals surface area contributed by atoms with Crippen molar-refractivity contribution < 1.29 is 9.21 Å². The highest BCUT2D eigenvalue weighted by atomic mass is 35.5. The summed E-state index contributed by atoms with van der Waals surface area (Å²) in [5, 5.41) is 4.74. The minimum Gasteiger partial charge on any atom is -0.443 e. The molecule has 3 rings (SSSR count). The van der Waals surface area contributed by atoms with Gasteiger partial charge in [-0.05, 0) is 24.3 Å². The topological polar surface area (TPSA) is 81.2 Å². The van der Waals surface area contributed by atoms with Crippen LogP contribution >= 0.6 is 23.7 Å². The third-order valence-corrected chi connectivity index (χ3v) is 3.81. The quantitative estimate of drug-likeness (QED) is 0.904. The van der Waals surface area contributed by atoms with E-state index in [4.69, 9.17) is 10.2 Å². The average Bonchev–Trinajstić information content (AvgIpc) is 2.87. The number of carbonyl (C=O) groups is 1. The number of carbonyl (C=O) groups excluding carboxylic acids is 1. The number of nitrogens with one attached hydrogen (secondary N) is 1. The Morgan fingerprint density at radius 1 is 1.58 bits per heavy atom. The van der Waals surface area contributed by atoms with E-state index in [2.05, 4.69) is 10.3 Å². The second kappa shape index (κ2) is 5.32. The van der Waals surface area contributed by atoms with Crippen LogP contribution in [0, 0.1) is 0 Å². The lowest BCUT2D eigenvalue weighted by molar-refractivity contribution is -0.123. The van der Waals surface area contributed by atoms with Crippen LogP contribution in [-0.2, 0) is 11.3 Å². The van der Waals surface area contributed by atoms with Crippen molar-refractivity contribution >= 4 is 29.7 Å². The number of hydrogen-bond donors (Lipinski definition) is 2. The fourth-order valence-corrected chi connectivity index (χ4v) is 2.27. The van der Waals surface area contributed by atoms with Crippen LogP contribution in [0.25, 0.3) is 10.8 Å². The maximum Gasteiger partial charge on any atom is 0.240 e. The number of aromatic nitrogens is 1. The lowest BCUT2D eigenvalue weighted by Gasteiger charge is -2.07. The highest BCUT2D eigenvalue weighted by molar-refractivity contribution is 7.13. The summed E-state index contributed by atoms with van der Waals surface area (Å²) >= 11 is 1.56. The van der Waals surface area contributed by atoms with Gasteiger partial charge in [0.2, 0.25) is 11.8 Å². The zero-order valence-electron chi connectivity index (χ0n) is 10.1. The van der Waals surface area contributed by atoms with Gasteiger partial charge in [-0.25, -0.2) is 4.98 Å². The molecule has 0 saturated heterocycles. The first-order chi connectivity index (χ1) is 8.67. The van der Waals surface area contributed by atoms with E-state index in [0.29, 0.717) is 18.1 Å². The minimum atomic E-state index is -0.639. The van der Waals surface area contributed by atoms with E-state index in [-0.39, 0.29) is 18.3 Å². The van der Waals surface area contributed by atoms with Gasteiger partial charge in [0.15, 0.2) is 0 Å². The largest absolute Gasteiger partial charge is 0.443 e. The van der Waals surface area contributed by atoms with Gasteiger partial charge in [-0.3, -0.25) is 4.79 Å². The third-order valence-electron chi connectivity index (χ3n) is 2.95. The van der Waals surface area contributed by atoms with Crippen LogP contribution in [0.2, 0.25) is 0 Å². The molecular weight excluding hydrogens is 286 g/mol. The molecule has 0 radical (unpaired) electrons. The molecular formula is C12H14ClN3O2S. The number of halogens is 1. The second-order valence-corrected chi connectivity index (χ2v) is 5.41. The van der Waals surface area contributed by atoms with Crippen molar-refractivity contribution in [2.24, 2.45) is 5.73 Å². The van der Waals surface area contributed by atoms with Crippen LogP contribution < -0.4 is 11.1 Å². The van der Waals surface area contributed by atoms with Crippen molar-refractivity contribution in [1.29, 1.82) is 0 Å². The Balaban J connectivity index is 0.00000133. The molecule has 0 aliphatic heterocycles. The Morgan fingerprint density at radius 2 is 2.37 bits per heavy atom. The lowest BCUT2D eigenvalue weighted by atomic mass is 10.3. The van der Waals surface area contributed by atoms with Gasteiger partial charge in [-0.15, -0.1) is 23.7 Å². The molecule has 0 bridgehead atoms. The molecule has 1 amide bonds. The molecule has 7 heteroatoms. The van der Waals surface area contributed by atoms with E-state index in [1.54, 1.807) is 17.6 Å². The molecule has 102 valence electrons. The minimum absolute atomic E-state index is 0. The Morgan fingerprint density at radius 3 is 3.00 bits per heavy atom. The number of amides is 1. The smallest absolute Gasteiger partial charge is 0.240 e. The van der Waals surface area contributed by atoms with Gasteiger partial charge in [0.25, 0.3) is 0 Å². The molecule has 5 nitrogen and oxygen atoms in total. The molecule has 0 unspecified atom stereocenters. The van der Waals surface area contributed by atoms with Gasteiger partial charge < -0.3 is 15.5 Å². The fourth-order valence-electron chi connectivity index (χ4n) is 1.61. The Labute approximate surface area is 120 Å². The molecule has 0 aromatic carbocycles. The van der Waals surface area contributed by atoms with Crippen molar-refractivity contribution in [3.63, 3.8) is 0 Å². The predicted octanol–water partition coefficient (Wildman–Crippen LogP) is 1.93. The summed E-state index contributed by atoms with van der Waals surface area (Å²) in [6.07, 6.45) is 3.08. The summed E-state index contributed by atoms with van der Waals surface area (Å²) in [6.45, 7) is 0.354. The monoisotopic (exact) mass is 299 g/mol. The van der Waals surface area contributed by atoms with Crippen molar-refractivity contribution in [2.45, 2.75) is 24.9 Å². The van der Waals surface area contributed by atoms with Crippen LogP contribution in [-0.4, -0.2) is 16.4 Å². The van der Waals surface area contributed by atoms with E-state index in [9.17, 15) is 4.79 Å². The van der Waals surface area contributed by atoms with Crippen LogP contribution in [0.4, 0.5) is 0 Å². The summed E-state index contributed by atoms with van der Waals surface area (Å²) in [5.74, 6) is 0.478. The van der Waals surface area contributed by atoms with Gasteiger partial charge in [0.1, 0.15) is 6.26 Å². The molecule has 2 aromatic heterocycles. The zero-order chi connectivity index (χ0) is 12.6. The first-order valence-electron chi connectivity index (χ1n) is 5.73. The molecule has 1 fully saturated rings. The Hall–Kier alpha value is -1.37. The van der Waals surface area contributed by atoms with E-state index >= 15 is 0 Å². The maximum absolute atomic E-state index is 11.6. The Kier molecular flexibility index (Phi) is 3.93. The van der Waals surface area contributed by atoms with Gasteiger partial charge in [0.05, 0.1) is 22.7 Å². The van der Waals surface area contributed by atoms with Crippen LogP contribution in [0.5, 0.6) is 0 Å². The number of oxazole rings is 1. The highest BCUT2D eigenvalue weighted by Crippen LogP contribution is 2.32. The molecule has 19 heavy (non-hydrogen) atoms. The molecule has 1 saturated carbocycles. The predicted molar refractivity (Wildman–Crippen MR) is 75.1 cm³/mol. The summed E-state index contributed by atoms with van der Waals surface area (Å²) in [5.41, 5.74) is 5.85. The summed E-state index contributed by atoms with van der Waals surface area (Å²) in [4.78, 5) is 16.9. The molecule has 3 N–H and O–H groups in total. The summed E-state index contributed by atoms with van der Waals surface area (Å²) in [7, 11) is 0. The van der Waals surface area contributed by atoms with E-state index < -0.39 is 5.54 Å². The van der Waals surface area contributed by atoms with Crippen LogP contribution in [0.1, 0.15) is 18.5 Å². The fraction of sp³-hybridized carbons (Fsp3) is 0.333. The van der Waals surface area contributed by atoms with Gasteiger partial charge >= 0.3 is 0 Å². The average molecular weight is 300 g/mol. The zero-order valence-corrected chi connectivity index (χ0v) is 11.7. The SMILES string of the molecule is Cl.NC1(C(=O)NCc2coc(-c3cccs3)n2)CC1. The van der Waals surface area contributed by atoms with E-state index in [1.807, 2.05) is 17.5 Å². The van der Waals surface area contributed by atoms with Crippen LogP contribution in [0.15, 0.2) is 28.2 Å². The number of nitrogens with zero attached hydrogens (tertiary/aromatic N) is 1. The van der Waals surface area contributed by atoms with E-state index in [0.717, 1.165) is 17.7 Å². The van der Waals surface area contributed by atoms with Gasteiger partial charge in [-0.1, -0.05) is 6.07 Å². The van der Waals surface area contributed by atoms with Crippen molar-refractivity contribution in [3.05, 3.63) is 29.5 Å². The molecule has 1 aliphatic carbocycles. The van der Waals surface area contributed by atoms with E-state index in [1.165, 1.54) is 0 Å². The standard InChI is InChI=1S/C12H13N3O2S.ClH/c13-12(3-4-12)11(16)14-6-8-7-17-10(15-8)9-2-1-5-18-9;/h1-2,5,7H,3-4,6,13H2,(H,14,16);1H. The van der Waals surface area contributed by atoms with Crippen molar-refractivity contribution in [2.75, 3.05) is 0 Å². The van der Waals surface area contributed by atoms with Gasteiger partial charge in [-0.2, -0.15) is 0 Å². The molecule has 0 atom stereocenters. The van der Waals surface area contributed by atoms with Crippen molar-refractivity contribution in [1.82, 2.24) is 10.3 Å². The molecule has 0 spiro atoms.